The van der Waals surface area contributed by atoms with Crippen molar-refractivity contribution in [1.29, 1.82) is 0 Å². The van der Waals surface area contributed by atoms with Gasteiger partial charge in [-0.3, -0.25) is 15.4 Å². The minimum absolute atomic E-state index is 0.0119. The zero-order chi connectivity index (χ0) is 20.3. The van der Waals surface area contributed by atoms with Crippen LogP contribution < -0.4 is 27.0 Å². The third kappa shape index (κ3) is 4.81. The van der Waals surface area contributed by atoms with Gasteiger partial charge in [-0.25, -0.2) is 4.39 Å². The maximum atomic E-state index is 14.0. The van der Waals surface area contributed by atoms with Crippen LogP contribution in [0.15, 0.2) is 42.5 Å². The van der Waals surface area contributed by atoms with Crippen molar-refractivity contribution in [2.75, 3.05) is 17.2 Å². The molecule has 0 aliphatic carbocycles. The molecule has 1 amide bonds. The van der Waals surface area contributed by atoms with Crippen LogP contribution in [-0.4, -0.2) is 29.7 Å². The number of nitrogens with two attached hydrogens (primary N) is 1. The molecule has 28 heavy (non-hydrogen) atoms. The van der Waals surface area contributed by atoms with Gasteiger partial charge in [0.25, 0.3) is 5.91 Å². The molecule has 150 valence electrons. The molecule has 1 saturated heterocycles. The second-order valence-electron chi connectivity index (χ2n) is 7.09. The lowest BCUT2D eigenvalue weighted by Gasteiger charge is -2.37. The van der Waals surface area contributed by atoms with Crippen LogP contribution in [0.2, 0.25) is 0 Å². The van der Waals surface area contributed by atoms with Gasteiger partial charge in [-0.2, -0.15) is 0 Å². The Bertz CT molecular complexity index is 830. The fourth-order valence-corrected chi connectivity index (χ4v) is 3.58. The molecule has 0 bridgehead atoms. The van der Waals surface area contributed by atoms with Crippen LogP contribution in [-0.2, 0) is 0 Å². The number of amides is 1. The molecular formula is C20H25BrFN5O. The van der Waals surface area contributed by atoms with E-state index in [0.717, 1.165) is 5.69 Å². The first-order valence-corrected chi connectivity index (χ1v) is 10.1. The van der Waals surface area contributed by atoms with Crippen molar-refractivity contribution in [3.8, 4) is 0 Å². The van der Waals surface area contributed by atoms with Crippen LogP contribution in [0, 0.1) is 5.82 Å². The molecule has 2 aromatic carbocycles. The Morgan fingerprint density at radius 3 is 2.57 bits per heavy atom. The smallest absolute Gasteiger partial charge is 0.253 e. The zero-order valence-electron chi connectivity index (χ0n) is 15.8. The fourth-order valence-electron chi connectivity index (χ4n) is 3.11. The van der Waals surface area contributed by atoms with E-state index in [-0.39, 0.29) is 22.8 Å². The molecule has 3 rings (SSSR count). The first kappa shape index (κ1) is 20.6. The normalized spacial score (nSPS) is 22.1. The molecule has 0 saturated carbocycles. The van der Waals surface area contributed by atoms with Gasteiger partial charge in [-0.15, -0.1) is 0 Å². The highest BCUT2D eigenvalue weighted by molar-refractivity contribution is 9.09. The summed E-state index contributed by atoms with van der Waals surface area (Å²) in [7, 11) is 0. The number of anilines is 2. The maximum absolute atomic E-state index is 14.0. The van der Waals surface area contributed by atoms with E-state index < -0.39 is 11.7 Å². The van der Waals surface area contributed by atoms with Gasteiger partial charge in [0, 0.05) is 12.2 Å². The van der Waals surface area contributed by atoms with Crippen LogP contribution in [0.3, 0.4) is 0 Å². The summed E-state index contributed by atoms with van der Waals surface area (Å²) >= 11 is 3.61. The standard InChI is InChI=1S/C20H25BrFN5O/c1-11(2)12-6-8-13(9-7-12)25-20-24-10-14(21)19(27-20)26-16-5-3-4-15(22)17(16)18(23)28/h3-9,11,14,19-20,24-27H,10H2,1-2H3,(H2,23,28). The molecule has 1 fully saturated rings. The third-order valence-electron chi connectivity index (χ3n) is 4.68. The predicted octanol–water partition coefficient (Wildman–Crippen LogP) is 3.14. The number of nitrogens with one attached hydrogen (secondary N) is 4. The van der Waals surface area contributed by atoms with Gasteiger partial charge in [0.05, 0.1) is 22.2 Å². The molecule has 3 unspecified atom stereocenters. The number of rotatable bonds is 6. The Balaban J connectivity index is 1.70. The number of carbonyl (C=O) groups is 1. The van der Waals surface area contributed by atoms with Gasteiger partial charge in [0.1, 0.15) is 12.1 Å². The van der Waals surface area contributed by atoms with E-state index in [9.17, 15) is 9.18 Å². The predicted molar refractivity (Wildman–Crippen MR) is 114 cm³/mol. The molecule has 1 aliphatic rings. The molecule has 8 heteroatoms. The van der Waals surface area contributed by atoms with Crippen molar-refractivity contribution in [1.82, 2.24) is 10.6 Å². The summed E-state index contributed by atoms with van der Waals surface area (Å²) in [6.45, 7) is 4.98. The van der Waals surface area contributed by atoms with Crippen LogP contribution in [0.1, 0.15) is 35.7 Å². The largest absolute Gasteiger partial charge is 0.368 e. The summed E-state index contributed by atoms with van der Waals surface area (Å²) in [6, 6.07) is 12.7. The lowest BCUT2D eigenvalue weighted by molar-refractivity contribution is 0.0997. The Morgan fingerprint density at radius 2 is 1.93 bits per heavy atom. The maximum Gasteiger partial charge on any atom is 0.253 e. The SMILES string of the molecule is CC(C)c1ccc(NC2NCC(Br)C(Nc3cccc(F)c3C(N)=O)N2)cc1. The average molecular weight is 450 g/mol. The summed E-state index contributed by atoms with van der Waals surface area (Å²) in [6.07, 6.45) is -0.463. The van der Waals surface area contributed by atoms with Gasteiger partial charge >= 0.3 is 0 Å². The summed E-state index contributed by atoms with van der Waals surface area (Å²) < 4.78 is 14.0. The minimum Gasteiger partial charge on any atom is -0.368 e. The number of alkyl halides is 1. The Morgan fingerprint density at radius 1 is 1.21 bits per heavy atom. The van der Waals surface area contributed by atoms with E-state index in [4.69, 9.17) is 5.73 Å². The van der Waals surface area contributed by atoms with Gasteiger partial charge in [0.2, 0.25) is 0 Å². The molecule has 0 aromatic heterocycles. The molecule has 6 N–H and O–H groups in total. The Kier molecular flexibility index (Phi) is 6.53. The summed E-state index contributed by atoms with van der Waals surface area (Å²) in [5, 5.41) is 13.3. The Hall–Kier alpha value is -2.16. The van der Waals surface area contributed by atoms with Crippen molar-refractivity contribution < 1.29 is 9.18 Å². The number of halogens is 2. The highest BCUT2D eigenvalue weighted by Gasteiger charge is 2.29. The van der Waals surface area contributed by atoms with Crippen LogP contribution in [0.25, 0.3) is 0 Å². The second kappa shape index (κ2) is 8.89. The molecule has 0 radical (unpaired) electrons. The van der Waals surface area contributed by atoms with Crippen molar-refractivity contribution in [2.24, 2.45) is 5.73 Å². The summed E-state index contributed by atoms with van der Waals surface area (Å²) in [4.78, 5) is 11.6. The lowest BCUT2D eigenvalue weighted by atomic mass is 10.0. The molecule has 3 atom stereocenters. The second-order valence-corrected chi connectivity index (χ2v) is 8.27. The number of carbonyl (C=O) groups excluding carboxylic acids is 1. The molecule has 1 heterocycles. The van der Waals surface area contributed by atoms with Crippen LogP contribution in [0.5, 0.6) is 0 Å². The highest BCUT2D eigenvalue weighted by atomic mass is 79.9. The number of benzene rings is 2. The number of hydrogen-bond acceptors (Lipinski definition) is 5. The van der Waals surface area contributed by atoms with E-state index >= 15 is 0 Å². The molecular weight excluding hydrogens is 425 g/mol. The van der Waals surface area contributed by atoms with E-state index in [1.165, 1.54) is 11.6 Å². The number of primary amides is 1. The van der Waals surface area contributed by atoms with E-state index in [2.05, 4.69) is 63.2 Å². The minimum atomic E-state index is -0.805. The summed E-state index contributed by atoms with van der Waals surface area (Å²) in [5.41, 5.74) is 7.81. The third-order valence-corrected chi connectivity index (χ3v) is 5.54. The monoisotopic (exact) mass is 449 g/mol. The molecule has 0 spiro atoms. The molecule has 1 aliphatic heterocycles. The highest BCUT2D eigenvalue weighted by Crippen LogP contribution is 2.22. The lowest BCUT2D eigenvalue weighted by Crippen LogP contribution is -2.64. The van der Waals surface area contributed by atoms with Crippen LogP contribution in [0.4, 0.5) is 15.8 Å². The van der Waals surface area contributed by atoms with Gasteiger partial charge in [0.15, 0.2) is 0 Å². The number of hydrogen-bond donors (Lipinski definition) is 5. The zero-order valence-corrected chi connectivity index (χ0v) is 17.4. The van der Waals surface area contributed by atoms with Gasteiger partial charge < -0.3 is 16.4 Å². The first-order chi connectivity index (χ1) is 13.3. The van der Waals surface area contributed by atoms with Gasteiger partial charge in [-0.1, -0.05) is 48.0 Å². The van der Waals surface area contributed by atoms with E-state index in [0.29, 0.717) is 18.2 Å². The van der Waals surface area contributed by atoms with E-state index in [1.54, 1.807) is 12.1 Å². The van der Waals surface area contributed by atoms with E-state index in [1.807, 2.05) is 12.1 Å². The van der Waals surface area contributed by atoms with Crippen molar-refractivity contribution in [3.63, 3.8) is 0 Å². The summed E-state index contributed by atoms with van der Waals surface area (Å²) in [5.74, 6) is -0.966. The quantitative estimate of drug-likeness (QED) is 0.437. The topological polar surface area (TPSA) is 91.2 Å². The fraction of sp³-hybridized carbons (Fsp3) is 0.350. The average Bonchev–Trinajstić information content (AvgIpc) is 2.64. The van der Waals surface area contributed by atoms with Crippen molar-refractivity contribution >= 4 is 33.2 Å². The molecule has 6 nitrogen and oxygen atoms in total. The van der Waals surface area contributed by atoms with Gasteiger partial charge in [-0.05, 0) is 35.7 Å². The first-order valence-electron chi connectivity index (χ1n) is 9.20. The Labute approximate surface area is 172 Å². The molecule has 2 aromatic rings. The van der Waals surface area contributed by atoms with Crippen molar-refractivity contribution in [2.45, 2.75) is 37.0 Å². The van der Waals surface area contributed by atoms with Crippen molar-refractivity contribution in [3.05, 3.63) is 59.4 Å². The van der Waals surface area contributed by atoms with Crippen LogP contribution >= 0.6 is 15.9 Å².